The van der Waals surface area contributed by atoms with Crippen LogP contribution in [0.25, 0.3) is 0 Å². The zero-order valence-corrected chi connectivity index (χ0v) is 5.45. The van der Waals surface area contributed by atoms with Gasteiger partial charge in [0.2, 0.25) is 0 Å². The van der Waals surface area contributed by atoms with Crippen LogP contribution >= 0.6 is 30.1 Å². The first-order valence-corrected chi connectivity index (χ1v) is 4.62. The maximum atomic E-state index is 9.38. The molecular formula is CH2BIOS. The molecule has 0 bridgehead atoms. The summed E-state index contributed by atoms with van der Waals surface area (Å²) in [4.78, 5) is 0. The molecule has 0 aromatic carbocycles. The van der Waals surface area contributed by atoms with E-state index in [9.17, 15) is 4.70 Å². The summed E-state index contributed by atoms with van der Waals surface area (Å²) in [7, 11) is 2.39. The molecular weight excluding hydrogens is 198 g/mol. The van der Waals surface area contributed by atoms with Gasteiger partial charge in [-0.05, 0) is 0 Å². The van der Waals surface area contributed by atoms with Gasteiger partial charge in [0, 0.05) is 0 Å². The Hall–Kier alpha value is 0.945. The molecule has 0 N–H and O–H groups in total. The van der Waals surface area contributed by atoms with Crippen molar-refractivity contribution in [2.75, 3.05) is 5.65 Å². The molecule has 0 saturated heterocycles. The summed E-state index contributed by atoms with van der Waals surface area (Å²) in [5, 5.41) is 0. The van der Waals surface area contributed by atoms with Gasteiger partial charge >= 0.3 is 47.6 Å². The predicted molar refractivity (Wildman–Crippen MR) is 32.9 cm³/mol. The first-order chi connectivity index (χ1) is 2.41. The summed E-state index contributed by atoms with van der Waals surface area (Å²) < 4.78 is 9.38. The third-order valence-electron chi connectivity index (χ3n) is 0.131. The molecule has 0 radical (unpaired) electrons. The van der Waals surface area contributed by atoms with E-state index in [-0.39, 0.29) is 0 Å². The molecule has 0 unspecified atom stereocenters. The average Bonchev–Trinajstić information content (AvgIpc) is 1.41. The predicted octanol–water partition coefficient (Wildman–Crippen LogP) is 1.08. The molecule has 0 rings (SSSR count). The number of halogens is 1. The fourth-order valence-corrected chi connectivity index (χ4v) is 0.518. The van der Waals surface area contributed by atoms with Gasteiger partial charge < -0.3 is 0 Å². The first-order valence-electron chi connectivity index (χ1n) is 1.09. The van der Waals surface area contributed by atoms with Gasteiger partial charge in [-0.1, -0.05) is 0 Å². The van der Waals surface area contributed by atoms with Crippen molar-refractivity contribution >= 4 is 37.3 Å². The van der Waals surface area contributed by atoms with Crippen LogP contribution in [0.2, 0.25) is 0 Å². The van der Waals surface area contributed by atoms with Gasteiger partial charge in [0.25, 0.3) is 0 Å². The Labute approximate surface area is 47.7 Å². The Morgan fingerprint density at radius 2 is 2.60 bits per heavy atom. The second-order valence-corrected chi connectivity index (χ2v) is 2.86. The molecule has 0 heterocycles. The Balaban J connectivity index is 2.40. The molecule has 0 atom stereocenters. The summed E-state index contributed by atoms with van der Waals surface area (Å²) >= 11 is 2.07. The van der Waals surface area contributed by atoms with Crippen LogP contribution in [0.1, 0.15) is 0 Å². The van der Waals surface area contributed by atoms with E-state index in [0.29, 0.717) is 5.65 Å². The third-order valence-corrected chi connectivity index (χ3v) is 1.47. The van der Waals surface area contributed by atoms with E-state index in [2.05, 4.69) is 21.2 Å². The monoisotopic (exact) mass is 200 g/mol. The summed E-state index contributed by atoms with van der Waals surface area (Å²) in [5.74, 6) is 0. The van der Waals surface area contributed by atoms with Gasteiger partial charge in [-0.2, -0.15) is 0 Å². The van der Waals surface area contributed by atoms with Crippen LogP contribution in [0, 0.1) is 0 Å². The zero-order valence-electron chi connectivity index (χ0n) is 2.48. The standard InChI is InChI=1S/CH2BIOS/c3-5-1-2-4/h1H2. The molecule has 28 valence electrons. The van der Waals surface area contributed by atoms with Crippen LogP contribution in [0.4, 0.5) is 0 Å². The Bertz CT molecular complexity index is 32.8. The van der Waals surface area contributed by atoms with E-state index in [1.807, 2.05) is 0 Å². The van der Waals surface area contributed by atoms with Gasteiger partial charge in [-0.25, -0.2) is 0 Å². The number of hydrogen-bond acceptors (Lipinski definition) is 2. The average molecular weight is 200 g/mol. The molecule has 0 spiro atoms. The van der Waals surface area contributed by atoms with E-state index in [0.717, 1.165) is 7.15 Å². The van der Waals surface area contributed by atoms with E-state index in [1.165, 1.54) is 8.93 Å². The van der Waals surface area contributed by atoms with Crippen molar-refractivity contribution in [3.8, 4) is 0 Å². The summed E-state index contributed by atoms with van der Waals surface area (Å²) in [6.07, 6.45) is 0. The van der Waals surface area contributed by atoms with Crippen LogP contribution in [0.15, 0.2) is 0 Å². The van der Waals surface area contributed by atoms with Crippen LogP contribution in [-0.4, -0.2) is 12.8 Å². The van der Waals surface area contributed by atoms with Crippen molar-refractivity contribution in [3.05, 3.63) is 0 Å². The molecule has 0 saturated carbocycles. The van der Waals surface area contributed by atoms with Crippen LogP contribution in [-0.2, 0) is 4.70 Å². The van der Waals surface area contributed by atoms with Crippen LogP contribution < -0.4 is 0 Å². The molecule has 0 aliphatic carbocycles. The maximum absolute atomic E-state index is 9.38. The molecule has 0 aliphatic rings. The number of rotatable bonds is 2. The Morgan fingerprint density at radius 1 is 2.00 bits per heavy atom. The van der Waals surface area contributed by atoms with Gasteiger partial charge in [0.1, 0.15) is 0 Å². The van der Waals surface area contributed by atoms with Crippen molar-refractivity contribution in [1.29, 1.82) is 0 Å². The summed E-state index contributed by atoms with van der Waals surface area (Å²) in [6.45, 7) is 0. The first kappa shape index (κ1) is 5.94. The SMILES string of the molecule is O=BCSI. The van der Waals surface area contributed by atoms with Crippen molar-refractivity contribution in [1.82, 2.24) is 0 Å². The van der Waals surface area contributed by atoms with Gasteiger partial charge in [-0.15, -0.1) is 0 Å². The van der Waals surface area contributed by atoms with Crippen molar-refractivity contribution < 1.29 is 4.70 Å². The zero-order chi connectivity index (χ0) is 4.12. The van der Waals surface area contributed by atoms with E-state index in [1.54, 1.807) is 0 Å². The second-order valence-electron chi connectivity index (χ2n) is 0.442. The van der Waals surface area contributed by atoms with Crippen molar-refractivity contribution in [3.63, 3.8) is 0 Å². The van der Waals surface area contributed by atoms with Crippen LogP contribution in [0.3, 0.4) is 0 Å². The molecule has 0 aromatic rings. The second kappa shape index (κ2) is 4.94. The Kier molecular flexibility index (Phi) is 5.88. The topological polar surface area (TPSA) is 17.1 Å². The van der Waals surface area contributed by atoms with Gasteiger partial charge in [0.05, 0.1) is 0 Å². The molecule has 0 amide bonds. The van der Waals surface area contributed by atoms with Crippen LogP contribution in [0.5, 0.6) is 0 Å². The third kappa shape index (κ3) is 4.94. The molecule has 0 aromatic heterocycles. The van der Waals surface area contributed by atoms with E-state index < -0.39 is 0 Å². The molecule has 0 aliphatic heterocycles. The quantitative estimate of drug-likeness (QED) is 0.489. The Morgan fingerprint density at radius 3 is 2.60 bits per heavy atom. The van der Waals surface area contributed by atoms with Crippen molar-refractivity contribution in [2.24, 2.45) is 0 Å². The minimum absolute atomic E-state index is 0.612. The van der Waals surface area contributed by atoms with Gasteiger partial charge in [-0.3, -0.25) is 0 Å². The molecule has 1 nitrogen and oxygen atoms in total. The van der Waals surface area contributed by atoms with E-state index in [4.69, 9.17) is 0 Å². The molecule has 5 heavy (non-hydrogen) atoms. The van der Waals surface area contributed by atoms with Crippen molar-refractivity contribution in [2.45, 2.75) is 0 Å². The van der Waals surface area contributed by atoms with Gasteiger partial charge in [0.15, 0.2) is 0 Å². The molecule has 4 heteroatoms. The molecule has 0 fully saturated rings. The summed E-state index contributed by atoms with van der Waals surface area (Å²) in [5.41, 5.74) is 0.612. The normalized spacial score (nSPS) is 6.60. The van der Waals surface area contributed by atoms with E-state index >= 15 is 0 Å². The fraction of sp³-hybridized carbons (Fsp3) is 1.00. The fourth-order valence-electron chi connectivity index (χ4n) is 0.0257. The number of hydrogen-bond donors (Lipinski definition) is 0. The minimum atomic E-state index is 0.612. The summed E-state index contributed by atoms with van der Waals surface area (Å²) in [6, 6.07) is 0.